The van der Waals surface area contributed by atoms with Crippen molar-refractivity contribution in [3.8, 4) is 0 Å². The van der Waals surface area contributed by atoms with E-state index in [0.717, 1.165) is 0 Å². The summed E-state index contributed by atoms with van der Waals surface area (Å²) in [6, 6.07) is 0. The largest absolute Gasteiger partial charge is 0.465 e. The van der Waals surface area contributed by atoms with Gasteiger partial charge < -0.3 is 19.5 Å². The van der Waals surface area contributed by atoms with Gasteiger partial charge in [0.2, 0.25) is 0 Å². The Hall–Kier alpha value is -1.30. The van der Waals surface area contributed by atoms with E-state index < -0.39 is 17.1 Å². The number of amides is 1. The number of likely N-dealkylation sites (tertiary alicyclic amines) is 1. The van der Waals surface area contributed by atoms with Crippen LogP contribution in [-0.2, 0) is 14.3 Å². The molecule has 0 aromatic rings. The van der Waals surface area contributed by atoms with Gasteiger partial charge in [-0.25, -0.2) is 4.79 Å². The molecule has 1 amide bonds. The number of aliphatic hydroxyl groups excluding tert-OH is 1. The van der Waals surface area contributed by atoms with Crippen molar-refractivity contribution >= 4 is 12.1 Å². The predicted molar refractivity (Wildman–Crippen MR) is 82.4 cm³/mol. The Morgan fingerprint density at radius 3 is 2.18 bits per heavy atom. The van der Waals surface area contributed by atoms with Crippen LogP contribution in [0.15, 0.2) is 0 Å². The Morgan fingerprint density at radius 1 is 1.23 bits per heavy atom. The number of esters is 1. The van der Waals surface area contributed by atoms with E-state index >= 15 is 0 Å². The lowest BCUT2D eigenvalue weighted by molar-refractivity contribution is -0.168. The summed E-state index contributed by atoms with van der Waals surface area (Å²) in [4.78, 5) is 26.0. The van der Waals surface area contributed by atoms with E-state index in [1.54, 1.807) is 11.8 Å². The molecule has 1 fully saturated rings. The number of piperidine rings is 1. The van der Waals surface area contributed by atoms with Crippen molar-refractivity contribution in [1.82, 2.24) is 4.90 Å². The summed E-state index contributed by atoms with van der Waals surface area (Å²) in [6.07, 6.45) is 0.120. The molecule has 1 aliphatic rings. The van der Waals surface area contributed by atoms with Crippen LogP contribution in [0.1, 0.15) is 53.9 Å². The number of hydrogen-bond donors (Lipinski definition) is 1. The smallest absolute Gasteiger partial charge is 0.410 e. The van der Waals surface area contributed by atoms with Crippen LogP contribution in [0.5, 0.6) is 0 Å². The zero-order valence-electron chi connectivity index (χ0n) is 14.3. The van der Waals surface area contributed by atoms with Gasteiger partial charge in [0.1, 0.15) is 5.60 Å². The van der Waals surface area contributed by atoms with Gasteiger partial charge in [0.15, 0.2) is 0 Å². The minimum absolute atomic E-state index is 0.285. The fraction of sp³-hybridized carbons (Fsp3) is 0.875. The number of ether oxygens (including phenoxy) is 2. The fourth-order valence-corrected chi connectivity index (χ4v) is 2.75. The number of carbonyl (C=O) groups is 2. The highest BCUT2D eigenvalue weighted by Gasteiger charge is 2.48. The van der Waals surface area contributed by atoms with Crippen molar-refractivity contribution in [3.63, 3.8) is 0 Å². The lowest BCUT2D eigenvalue weighted by atomic mass is 9.73. The maximum Gasteiger partial charge on any atom is 0.410 e. The molecular formula is C16H29NO5. The van der Waals surface area contributed by atoms with E-state index in [9.17, 15) is 14.7 Å². The van der Waals surface area contributed by atoms with Crippen LogP contribution < -0.4 is 0 Å². The number of carbonyl (C=O) groups excluding carboxylic acids is 2. The third-order valence-corrected chi connectivity index (χ3v) is 4.01. The molecule has 1 saturated heterocycles. The van der Waals surface area contributed by atoms with Gasteiger partial charge in [0.05, 0.1) is 18.1 Å². The van der Waals surface area contributed by atoms with Gasteiger partial charge in [-0.05, 0) is 47.0 Å². The van der Waals surface area contributed by atoms with Crippen molar-refractivity contribution in [1.29, 1.82) is 0 Å². The molecule has 1 aliphatic heterocycles. The second-order valence-corrected chi connectivity index (χ2v) is 6.77. The van der Waals surface area contributed by atoms with Gasteiger partial charge in [0, 0.05) is 13.1 Å². The normalized spacial score (nSPS) is 19.5. The molecule has 6 heteroatoms. The van der Waals surface area contributed by atoms with Crippen molar-refractivity contribution in [2.24, 2.45) is 5.41 Å². The zero-order chi connectivity index (χ0) is 17.0. The third kappa shape index (κ3) is 4.35. The highest BCUT2D eigenvalue weighted by Crippen LogP contribution is 2.38. The first-order valence-corrected chi connectivity index (χ1v) is 7.99. The van der Waals surface area contributed by atoms with E-state index in [4.69, 9.17) is 9.47 Å². The van der Waals surface area contributed by atoms with Crippen LogP contribution in [0.4, 0.5) is 4.79 Å². The van der Waals surface area contributed by atoms with Gasteiger partial charge in [-0.2, -0.15) is 0 Å². The second kappa shape index (κ2) is 7.31. The maximum absolute atomic E-state index is 12.3. The van der Waals surface area contributed by atoms with Gasteiger partial charge in [-0.3, -0.25) is 4.79 Å². The van der Waals surface area contributed by atoms with E-state index in [1.165, 1.54) is 0 Å². The number of hydrogen-bond acceptors (Lipinski definition) is 5. The summed E-state index contributed by atoms with van der Waals surface area (Å²) in [6.45, 7) is 10.1. The summed E-state index contributed by atoms with van der Waals surface area (Å²) in [5, 5.41) is 10.3. The summed E-state index contributed by atoms with van der Waals surface area (Å²) in [5.41, 5.74) is -1.46. The molecule has 128 valence electrons. The first-order chi connectivity index (χ1) is 10.2. The average Bonchev–Trinajstić information content (AvgIpc) is 2.44. The zero-order valence-corrected chi connectivity index (χ0v) is 14.3. The number of nitrogens with zero attached hydrogens (tertiary/aromatic N) is 1. The Balaban J connectivity index is 2.77. The highest BCUT2D eigenvalue weighted by molar-refractivity contribution is 5.78. The molecule has 1 N–H and O–H groups in total. The quantitative estimate of drug-likeness (QED) is 0.806. The van der Waals surface area contributed by atoms with E-state index in [2.05, 4.69) is 0 Å². The Bertz CT molecular complexity index is 394. The second-order valence-electron chi connectivity index (χ2n) is 6.77. The van der Waals surface area contributed by atoms with E-state index in [0.29, 0.717) is 32.4 Å². The molecule has 0 aromatic heterocycles. The van der Waals surface area contributed by atoms with Gasteiger partial charge in [0.25, 0.3) is 0 Å². The lowest BCUT2D eigenvalue weighted by Crippen LogP contribution is -2.53. The third-order valence-electron chi connectivity index (χ3n) is 4.01. The highest BCUT2D eigenvalue weighted by atomic mass is 16.6. The summed E-state index contributed by atoms with van der Waals surface area (Å²) < 4.78 is 10.5. The summed E-state index contributed by atoms with van der Waals surface area (Å²) in [5.74, 6) is -0.367. The molecule has 0 saturated carbocycles. The summed E-state index contributed by atoms with van der Waals surface area (Å²) >= 11 is 0. The van der Waals surface area contributed by atoms with Gasteiger partial charge in [-0.1, -0.05) is 6.92 Å². The van der Waals surface area contributed by atoms with Crippen LogP contribution >= 0.6 is 0 Å². The molecule has 0 spiro atoms. The van der Waals surface area contributed by atoms with E-state index in [-0.39, 0.29) is 18.7 Å². The van der Waals surface area contributed by atoms with Crippen LogP contribution in [0.3, 0.4) is 0 Å². The topological polar surface area (TPSA) is 76.1 Å². The van der Waals surface area contributed by atoms with Crippen molar-refractivity contribution < 1.29 is 24.2 Å². The Morgan fingerprint density at radius 2 is 1.77 bits per heavy atom. The van der Waals surface area contributed by atoms with Crippen molar-refractivity contribution in [2.45, 2.75) is 65.6 Å². The molecule has 1 unspecified atom stereocenters. The molecule has 22 heavy (non-hydrogen) atoms. The van der Waals surface area contributed by atoms with Crippen LogP contribution in [0, 0.1) is 5.41 Å². The van der Waals surface area contributed by atoms with Crippen LogP contribution in [0.2, 0.25) is 0 Å². The van der Waals surface area contributed by atoms with Crippen molar-refractivity contribution in [3.05, 3.63) is 0 Å². The fourth-order valence-electron chi connectivity index (χ4n) is 2.75. The Labute approximate surface area is 132 Å². The molecule has 0 radical (unpaired) electrons. The predicted octanol–water partition coefficient (Wildman–Crippen LogP) is 2.34. The minimum atomic E-state index is -0.913. The summed E-state index contributed by atoms with van der Waals surface area (Å²) in [7, 11) is 0. The van der Waals surface area contributed by atoms with Crippen LogP contribution in [0.25, 0.3) is 0 Å². The first-order valence-electron chi connectivity index (χ1n) is 7.99. The van der Waals surface area contributed by atoms with Gasteiger partial charge in [-0.15, -0.1) is 0 Å². The molecule has 1 rings (SSSR count). The van der Waals surface area contributed by atoms with Gasteiger partial charge >= 0.3 is 12.1 Å². The Kier molecular flexibility index (Phi) is 6.23. The standard InChI is InChI=1S/C16H29NO5/c1-6-12(18)16(13(19)21-7-2)8-10-17(11-9-16)14(20)22-15(3,4)5/h12,18H,6-11H2,1-5H3. The molecular weight excluding hydrogens is 286 g/mol. The molecule has 0 aliphatic carbocycles. The molecule has 0 bridgehead atoms. The molecule has 6 nitrogen and oxygen atoms in total. The maximum atomic E-state index is 12.3. The first kappa shape index (κ1) is 18.7. The molecule has 1 atom stereocenters. The number of rotatable bonds is 4. The van der Waals surface area contributed by atoms with Crippen molar-refractivity contribution in [2.75, 3.05) is 19.7 Å². The SMILES string of the molecule is CCOC(=O)C1(C(O)CC)CCN(C(=O)OC(C)(C)C)CC1. The number of aliphatic hydroxyl groups is 1. The van der Waals surface area contributed by atoms with Crippen LogP contribution in [-0.4, -0.2) is 53.5 Å². The molecule has 1 heterocycles. The van der Waals surface area contributed by atoms with E-state index in [1.807, 2.05) is 27.7 Å². The minimum Gasteiger partial charge on any atom is -0.465 e. The molecule has 0 aromatic carbocycles. The lowest BCUT2D eigenvalue weighted by Gasteiger charge is -2.42. The monoisotopic (exact) mass is 315 g/mol. The average molecular weight is 315 g/mol.